The first-order valence-electron chi connectivity index (χ1n) is 13.3. The molecule has 0 fully saturated rings. The van der Waals surface area contributed by atoms with Gasteiger partial charge in [-0.2, -0.15) is 5.26 Å². The number of benzene rings is 2. The molecule has 3 nitrogen and oxygen atoms in total. The van der Waals surface area contributed by atoms with Crippen molar-refractivity contribution in [1.82, 2.24) is 0 Å². The number of unbranched alkanes of at least 4 members (excludes halogenated alkanes) is 1. The number of allylic oxidation sites excluding steroid dienone is 3. The number of rotatable bonds is 14. The highest BCUT2D eigenvalue weighted by Gasteiger charge is 2.14. The minimum absolute atomic E-state index is 0. The number of ketones is 1. The summed E-state index contributed by atoms with van der Waals surface area (Å²) in [5.74, 6) is 0.706. The lowest BCUT2D eigenvalue weighted by atomic mass is 9.88. The second-order valence-electron chi connectivity index (χ2n) is 9.85. The summed E-state index contributed by atoms with van der Waals surface area (Å²) in [6, 6.07) is 16.3. The van der Waals surface area contributed by atoms with Crippen molar-refractivity contribution >= 4 is 11.4 Å². The van der Waals surface area contributed by atoms with Crippen LogP contribution in [0.15, 0.2) is 59.7 Å². The van der Waals surface area contributed by atoms with Gasteiger partial charge in [0.05, 0.1) is 18.2 Å². The second kappa shape index (κ2) is 15.2. The maximum atomic E-state index is 13.1. The monoisotopic (exact) mass is 487 g/mol. The van der Waals surface area contributed by atoms with E-state index in [4.69, 9.17) is 10.00 Å². The molecule has 1 unspecified atom stereocenters. The SMILES string of the molecule is CCCC(CCCCC(=O)c1ccc(C)c(/C(C)=C(/C=C(\C)COC)CC)c1)c1ccc(C#N)cc1.[HH]. The third-order valence-electron chi connectivity index (χ3n) is 6.97. The first-order valence-corrected chi connectivity index (χ1v) is 13.3. The Balaban J connectivity index is 0.00000684. The Bertz CT molecular complexity index is 1110. The molecule has 0 aliphatic rings. The van der Waals surface area contributed by atoms with Crippen molar-refractivity contribution in [3.63, 3.8) is 0 Å². The van der Waals surface area contributed by atoms with E-state index in [1.165, 1.54) is 27.8 Å². The fourth-order valence-corrected chi connectivity index (χ4v) is 4.89. The Labute approximate surface area is 220 Å². The van der Waals surface area contributed by atoms with Crippen LogP contribution in [0.25, 0.3) is 5.57 Å². The Morgan fingerprint density at radius 3 is 2.42 bits per heavy atom. The molecule has 36 heavy (non-hydrogen) atoms. The first kappa shape index (κ1) is 29.3. The molecule has 194 valence electrons. The zero-order valence-corrected chi connectivity index (χ0v) is 23.1. The third-order valence-corrected chi connectivity index (χ3v) is 6.97. The highest BCUT2D eigenvalue weighted by Crippen LogP contribution is 2.29. The van der Waals surface area contributed by atoms with Crippen molar-refractivity contribution in [3.8, 4) is 6.07 Å². The van der Waals surface area contributed by atoms with Gasteiger partial charge in [0.1, 0.15) is 0 Å². The summed E-state index contributed by atoms with van der Waals surface area (Å²) >= 11 is 0. The van der Waals surface area contributed by atoms with Crippen LogP contribution in [0.1, 0.15) is 113 Å². The second-order valence-corrected chi connectivity index (χ2v) is 9.85. The first-order chi connectivity index (χ1) is 17.3. The molecule has 0 saturated heterocycles. The van der Waals surface area contributed by atoms with Gasteiger partial charge in [-0.05, 0) is 104 Å². The van der Waals surface area contributed by atoms with E-state index in [1.807, 2.05) is 18.2 Å². The van der Waals surface area contributed by atoms with Crippen molar-refractivity contribution in [2.75, 3.05) is 13.7 Å². The third kappa shape index (κ3) is 8.61. The molecule has 0 amide bonds. The van der Waals surface area contributed by atoms with Crippen LogP contribution in [-0.4, -0.2) is 19.5 Å². The number of carbonyl (C=O) groups excluding carboxylic acids is 1. The Morgan fingerprint density at radius 2 is 1.81 bits per heavy atom. The summed E-state index contributed by atoms with van der Waals surface area (Å²) in [6.45, 7) is 11.4. The number of hydrogen-bond acceptors (Lipinski definition) is 3. The van der Waals surface area contributed by atoms with Gasteiger partial charge in [-0.25, -0.2) is 0 Å². The van der Waals surface area contributed by atoms with E-state index in [0.717, 1.165) is 49.7 Å². The molecule has 2 rings (SSSR count). The molecule has 0 bridgehead atoms. The Morgan fingerprint density at radius 1 is 1.08 bits per heavy atom. The molecule has 0 heterocycles. The smallest absolute Gasteiger partial charge is 0.162 e. The molecule has 0 aliphatic heterocycles. The molecular formula is C33H45NO2. The van der Waals surface area contributed by atoms with Crippen molar-refractivity contribution in [1.29, 1.82) is 5.26 Å². The molecule has 0 saturated carbocycles. The van der Waals surface area contributed by atoms with Crippen molar-refractivity contribution in [3.05, 3.63) is 87.5 Å². The fraction of sp³-hybridized carbons (Fsp3) is 0.455. The van der Waals surface area contributed by atoms with Gasteiger partial charge in [-0.15, -0.1) is 0 Å². The van der Waals surface area contributed by atoms with Crippen molar-refractivity contribution in [2.24, 2.45) is 0 Å². The average Bonchev–Trinajstić information content (AvgIpc) is 2.89. The largest absolute Gasteiger partial charge is 0.380 e. The molecule has 0 radical (unpaired) electrons. The zero-order chi connectivity index (χ0) is 26.5. The molecule has 3 heteroatoms. The Hall–Kier alpha value is -2.96. The quantitative estimate of drug-likeness (QED) is 0.152. The average molecular weight is 488 g/mol. The van der Waals surface area contributed by atoms with E-state index in [1.54, 1.807) is 7.11 Å². The molecule has 2 aromatic rings. The van der Waals surface area contributed by atoms with Crippen molar-refractivity contribution < 1.29 is 11.0 Å². The number of nitriles is 1. The van der Waals surface area contributed by atoms with Crippen LogP contribution < -0.4 is 0 Å². The fourth-order valence-electron chi connectivity index (χ4n) is 4.89. The minimum Gasteiger partial charge on any atom is -0.380 e. The van der Waals surface area contributed by atoms with Gasteiger partial charge >= 0.3 is 0 Å². The van der Waals surface area contributed by atoms with E-state index in [2.05, 4.69) is 71.0 Å². The lowest BCUT2D eigenvalue weighted by Crippen LogP contribution is -2.03. The molecule has 1 atom stereocenters. The van der Waals surface area contributed by atoms with Gasteiger partial charge in [0.2, 0.25) is 0 Å². The normalized spacial score (nSPS) is 13.2. The summed E-state index contributed by atoms with van der Waals surface area (Å²) in [4.78, 5) is 13.1. The lowest BCUT2D eigenvalue weighted by molar-refractivity contribution is 0.0979. The molecular weight excluding hydrogens is 442 g/mol. The molecule has 0 N–H and O–H groups in total. The Kier molecular flexibility index (Phi) is 12.4. The van der Waals surface area contributed by atoms with Gasteiger partial charge in [-0.1, -0.05) is 57.0 Å². The maximum Gasteiger partial charge on any atom is 0.162 e. The number of carbonyl (C=O) groups is 1. The predicted octanol–water partition coefficient (Wildman–Crippen LogP) is 9.22. The summed E-state index contributed by atoms with van der Waals surface area (Å²) in [5.41, 5.74) is 8.86. The summed E-state index contributed by atoms with van der Waals surface area (Å²) < 4.78 is 5.27. The highest BCUT2D eigenvalue weighted by atomic mass is 16.5. The van der Waals surface area contributed by atoms with Gasteiger partial charge in [0, 0.05) is 20.5 Å². The van der Waals surface area contributed by atoms with Gasteiger partial charge in [-0.3, -0.25) is 4.79 Å². The number of ether oxygens (including phenoxy) is 1. The van der Waals surface area contributed by atoms with Crippen LogP contribution in [0.4, 0.5) is 0 Å². The van der Waals surface area contributed by atoms with E-state index in [0.29, 0.717) is 24.5 Å². The van der Waals surface area contributed by atoms with E-state index >= 15 is 0 Å². The lowest BCUT2D eigenvalue weighted by Gasteiger charge is -2.17. The minimum atomic E-state index is 0. The number of methoxy groups -OCH3 is 1. The van der Waals surface area contributed by atoms with Crippen LogP contribution in [0.2, 0.25) is 0 Å². The van der Waals surface area contributed by atoms with Crippen LogP contribution in [0.3, 0.4) is 0 Å². The van der Waals surface area contributed by atoms with Crippen LogP contribution >= 0.6 is 0 Å². The zero-order valence-electron chi connectivity index (χ0n) is 23.1. The van der Waals surface area contributed by atoms with Gasteiger partial charge < -0.3 is 4.74 Å². The topological polar surface area (TPSA) is 50.1 Å². The van der Waals surface area contributed by atoms with Gasteiger partial charge in [0.15, 0.2) is 5.78 Å². The number of hydrogen-bond donors (Lipinski definition) is 0. The number of nitrogens with zero attached hydrogens (tertiary/aromatic N) is 1. The summed E-state index contributed by atoms with van der Waals surface area (Å²) in [7, 11) is 1.72. The van der Waals surface area contributed by atoms with Crippen LogP contribution in [0, 0.1) is 18.3 Å². The summed E-state index contributed by atoms with van der Waals surface area (Å²) in [6.07, 6.45) is 8.97. The van der Waals surface area contributed by atoms with Crippen LogP contribution in [0.5, 0.6) is 0 Å². The van der Waals surface area contributed by atoms with Crippen LogP contribution in [-0.2, 0) is 4.74 Å². The van der Waals surface area contributed by atoms with E-state index in [9.17, 15) is 4.79 Å². The molecule has 0 aliphatic carbocycles. The standard InChI is InChI=1S/C33H43NO2.H2/c1-7-11-29(30-18-15-27(22-34)16-19-30)12-9-10-13-33(35)31-17-14-25(4)32(21-31)26(5)28(8-2)20-24(3)23-36-6;/h14-21,29H,7-13,23H2,1-6H3;1H/b24-20+,28-26+;. The highest BCUT2D eigenvalue weighted by molar-refractivity contribution is 5.97. The maximum absolute atomic E-state index is 13.1. The number of Topliss-reactive ketones (excluding diaryl/α,β-unsaturated/α-hetero) is 1. The van der Waals surface area contributed by atoms with E-state index in [-0.39, 0.29) is 7.21 Å². The molecule has 0 aromatic heterocycles. The summed E-state index contributed by atoms with van der Waals surface area (Å²) in [5, 5.41) is 9.05. The van der Waals surface area contributed by atoms with E-state index < -0.39 is 0 Å². The molecule has 2 aromatic carbocycles. The van der Waals surface area contributed by atoms with Gasteiger partial charge in [0.25, 0.3) is 0 Å². The van der Waals surface area contributed by atoms with Crippen molar-refractivity contribution in [2.45, 2.75) is 85.5 Å². The number of aryl methyl sites for hydroxylation is 1. The molecule has 0 spiro atoms. The predicted molar refractivity (Wildman–Crippen MR) is 153 cm³/mol.